The molecule has 1 N–H and O–H groups in total. The van der Waals surface area contributed by atoms with Gasteiger partial charge in [-0.05, 0) is 6.07 Å². The molecule has 1 aromatic carbocycles. The molecule has 84 valence electrons. The molecule has 16 heavy (non-hydrogen) atoms. The molecular weight excluding hydrogens is 250 g/mol. The lowest BCUT2D eigenvalue weighted by atomic mass is 10.2. The van der Waals surface area contributed by atoms with E-state index in [0.29, 0.717) is 22.8 Å². The van der Waals surface area contributed by atoms with E-state index in [1.54, 1.807) is 6.07 Å². The van der Waals surface area contributed by atoms with E-state index in [1.807, 2.05) is 0 Å². The number of sulfone groups is 1. The second-order valence-corrected chi connectivity index (χ2v) is 5.79. The highest BCUT2D eigenvalue weighted by molar-refractivity contribution is 7.91. The number of aromatic nitrogens is 1. The number of benzene rings is 1. The van der Waals surface area contributed by atoms with E-state index in [0.717, 1.165) is 6.26 Å². The van der Waals surface area contributed by atoms with Crippen molar-refractivity contribution in [3.05, 3.63) is 28.9 Å². The zero-order valence-electron chi connectivity index (χ0n) is 8.32. The van der Waals surface area contributed by atoms with Gasteiger partial charge in [0.2, 0.25) is 0 Å². The Morgan fingerprint density at radius 3 is 2.62 bits per heavy atom. The van der Waals surface area contributed by atoms with Crippen molar-refractivity contribution in [2.24, 2.45) is 0 Å². The standard InChI is InChI=1S/C10H8ClNO3S/c1-16(14,15)10-8(11)3-2-7-6(5-13)4-12-9(7)10/h2-5,12H,1H3. The van der Waals surface area contributed by atoms with Gasteiger partial charge in [-0.15, -0.1) is 0 Å². The maximum absolute atomic E-state index is 11.6. The maximum Gasteiger partial charge on any atom is 0.179 e. The first kappa shape index (κ1) is 11.2. The first-order valence-electron chi connectivity index (χ1n) is 4.40. The minimum Gasteiger partial charge on any atom is -0.359 e. The molecule has 2 rings (SSSR count). The topological polar surface area (TPSA) is 67.0 Å². The number of H-pyrrole nitrogens is 1. The molecule has 0 atom stereocenters. The van der Waals surface area contributed by atoms with E-state index >= 15 is 0 Å². The van der Waals surface area contributed by atoms with Gasteiger partial charge in [0.15, 0.2) is 16.1 Å². The number of aromatic amines is 1. The number of hydrogen-bond donors (Lipinski definition) is 1. The molecule has 0 aliphatic carbocycles. The van der Waals surface area contributed by atoms with Crippen molar-refractivity contribution in [1.82, 2.24) is 4.98 Å². The van der Waals surface area contributed by atoms with Crippen LogP contribution in [0.2, 0.25) is 5.02 Å². The lowest BCUT2D eigenvalue weighted by molar-refractivity contribution is 0.112. The highest BCUT2D eigenvalue weighted by Gasteiger charge is 2.18. The van der Waals surface area contributed by atoms with Crippen molar-refractivity contribution in [3.63, 3.8) is 0 Å². The van der Waals surface area contributed by atoms with Crippen molar-refractivity contribution in [3.8, 4) is 0 Å². The highest BCUT2D eigenvalue weighted by Crippen LogP contribution is 2.30. The molecule has 0 saturated carbocycles. The number of carbonyl (C=O) groups excluding carboxylic acids is 1. The van der Waals surface area contributed by atoms with Gasteiger partial charge >= 0.3 is 0 Å². The third-order valence-electron chi connectivity index (χ3n) is 2.29. The average molecular weight is 258 g/mol. The van der Waals surface area contributed by atoms with Crippen LogP contribution in [0.15, 0.2) is 23.2 Å². The smallest absolute Gasteiger partial charge is 0.179 e. The predicted molar refractivity (Wildman–Crippen MR) is 61.8 cm³/mol. The number of halogens is 1. The number of rotatable bonds is 2. The molecule has 6 heteroatoms. The lowest BCUT2D eigenvalue weighted by Crippen LogP contribution is -1.99. The lowest BCUT2D eigenvalue weighted by Gasteiger charge is -2.03. The molecule has 0 bridgehead atoms. The van der Waals surface area contributed by atoms with E-state index in [4.69, 9.17) is 11.6 Å². The Morgan fingerprint density at radius 1 is 1.38 bits per heavy atom. The summed E-state index contributed by atoms with van der Waals surface area (Å²) in [6.45, 7) is 0. The third-order valence-corrected chi connectivity index (χ3v) is 3.88. The summed E-state index contributed by atoms with van der Waals surface area (Å²) in [6, 6.07) is 3.09. The van der Waals surface area contributed by atoms with Crippen molar-refractivity contribution in [2.45, 2.75) is 4.90 Å². The third kappa shape index (κ3) is 1.62. The molecule has 0 fully saturated rings. The van der Waals surface area contributed by atoms with Crippen LogP contribution in [0.1, 0.15) is 10.4 Å². The van der Waals surface area contributed by atoms with E-state index in [9.17, 15) is 13.2 Å². The van der Waals surface area contributed by atoms with Gasteiger partial charge in [-0.25, -0.2) is 8.42 Å². The fourth-order valence-corrected chi connectivity index (χ4v) is 3.17. The SMILES string of the molecule is CS(=O)(=O)c1c(Cl)ccc2c(C=O)c[nH]c12. The monoisotopic (exact) mass is 257 g/mol. The van der Waals surface area contributed by atoms with Crippen LogP contribution in [0.5, 0.6) is 0 Å². The Labute approximate surface area is 97.1 Å². The summed E-state index contributed by atoms with van der Waals surface area (Å²) in [7, 11) is -3.43. The minimum atomic E-state index is -3.43. The van der Waals surface area contributed by atoms with E-state index in [-0.39, 0.29) is 9.92 Å². The molecular formula is C10H8ClNO3S. The molecule has 0 aliphatic rings. The van der Waals surface area contributed by atoms with Gasteiger partial charge in [0, 0.05) is 23.4 Å². The van der Waals surface area contributed by atoms with E-state index in [2.05, 4.69) is 4.98 Å². The van der Waals surface area contributed by atoms with Crippen LogP contribution in [-0.4, -0.2) is 25.9 Å². The molecule has 4 nitrogen and oxygen atoms in total. The molecule has 0 amide bonds. The van der Waals surface area contributed by atoms with Crippen LogP contribution in [0, 0.1) is 0 Å². The zero-order chi connectivity index (χ0) is 11.9. The average Bonchev–Trinajstić information content (AvgIpc) is 2.57. The quantitative estimate of drug-likeness (QED) is 0.837. The van der Waals surface area contributed by atoms with E-state index < -0.39 is 9.84 Å². The number of carbonyl (C=O) groups is 1. The summed E-state index contributed by atoms with van der Waals surface area (Å²) in [4.78, 5) is 13.5. The Kier molecular flexibility index (Phi) is 2.52. The second-order valence-electron chi connectivity index (χ2n) is 3.43. The van der Waals surface area contributed by atoms with Crippen molar-refractivity contribution >= 4 is 38.6 Å². The van der Waals surface area contributed by atoms with Crippen LogP contribution in [0.3, 0.4) is 0 Å². The number of aldehydes is 1. The largest absolute Gasteiger partial charge is 0.359 e. The molecule has 1 aromatic heterocycles. The van der Waals surface area contributed by atoms with Crippen molar-refractivity contribution in [2.75, 3.05) is 6.26 Å². The van der Waals surface area contributed by atoms with Gasteiger partial charge in [0.1, 0.15) is 4.90 Å². The Hall–Kier alpha value is -1.33. The molecule has 0 saturated heterocycles. The fraction of sp³-hybridized carbons (Fsp3) is 0.100. The van der Waals surface area contributed by atoms with Crippen molar-refractivity contribution in [1.29, 1.82) is 0 Å². The zero-order valence-corrected chi connectivity index (χ0v) is 9.89. The van der Waals surface area contributed by atoms with Gasteiger partial charge < -0.3 is 4.98 Å². The number of fused-ring (bicyclic) bond motifs is 1. The Morgan fingerprint density at radius 2 is 2.06 bits per heavy atom. The highest BCUT2D eigenvalue weighted by atomic mass is 35.5. The van der Waals surface area contributed by atoms with Gasteiger partial charge in [-0.2, -0.15) is 0 Å². The van der Waals surface area contributed by atoms with Crippen LogP contribution >= 0.6 is 11.6 Å². The number of hydrogen-bond acceptors (Lipinski definition) is 3. The first-order valence-corrected chi connectivity index (χ1v) is 6.67. The van der Waals surface area contributed by atoms with Crippen molar-refractivity contribution < 1.29 is 13.2 Å². The van der Waals surface area contributed by atoms with Gasteiger partial charge in [-0.3, -0.25) is 4.79 Å². The molecule has 0 unspecified atom stereocenters. The maximum atomic E-state index is 11.6. The summed E-state index contributed by atoms with van der Waals surface area (Å²) < 4.78 is 23.1. The summed E-state index contributed by atoms with van der Waals surface area (Å²) in [5.74, 6) is 0. The summed E-state index contributed by atoms with van der Waals surface area (Å²) in [5.41, 5.74) is 0.786. The summed E-state index contributed by atoms with van der Waals surface area (Å²) in [6.07, 6.45) is 3.20. The fourth-order valence-electron chi connectivity index (χ4n) is 1.63. The first-order chi connectivity index (χ1) is 7.45. The summed E-state index contributed by atoms with van der Waals surface area (Å²) in [5, 5.41) is 0.703. The van der Waals surface area contributed by atoms with Crippen LogP contribution < -0.4 is 0 Å². The van der Waals surface area contributed by atoms with Gasteiger partial charge in [0.25, 0.3) is 0 Å². The minimum absolute atomic E-state index is 0.0276. The normalized spacial score (nSPS) is 11.9. The Balaban J connectivity index is 2.97. The van der Waals surface area contributed by atoms with Gasteiger partial charge in [-0.1, -0.05) is 17.7 Å². The molecule has 2 aromatic rings. The Bertz CT molecular complexity index is 673. The molecule has 0 radical (unpaired) electrons. The predicted octanol–water partition coefficient (Wildman–Crippen LogP) is 2.04. The number of nitrogens with one attached hydrogen (secondary N) is 1. The second kappa shape index (κ2) is 3.61. The molecule has 0 aliphatic heterocycles. The molecule has 0 spiro atoms. The summed E-state index contributed by atoms with van der Waals surface area (Å²) >= 11 is 5.85. The van der Waals surface area contributed by atoms with E-state index in [1.165, 1.54) is 12.3 Å². The van der Waals surface area contributed by atoms with Crippen LogP contribution in [0.25, 0.3) is 10.9 Å². The van der Waals surface area contributed by atoms with Crippen LogP contribution in [-0.2, 0) is 9.84 Å². The molecule has 1 heterocycles. The van der Waals surface area contributed by atoms with Crippen LogP contribution in [0.4, 0.5) is 0 Å². The van der Waals surface area contributed by atoms with Gasteiger partial charge in [0.05, 0.1) is 10.5 Å².